The number of anilines is 1. The van der Waals surface area contributed by atoms with Gasteiger partial charge in [-0.05, 0) is 81.8 Å². The number of urea groups is 1. The minimum Gasteiger partial charge on any atom is -0.348 e. The van der Waals surface area contributed by atoms with Gasteiger partial charge in [0.25, 0.3) is 11.5 Å². The van der Waals surface area contributed by atoms with Crippen LogP contribution < -0.4 is 21.9 Å². The fraction of sp³-hybridized carbons (Fsp3) is 0.448. The average molecular weight is 582 g/mol. The molecular weight excluding hydrogens is 546 g/mol. The van der Waals surface area contributed by atoms with Crippen molar-refractivity contribution < 1.29 is 18.8 Å². The highest BCUT2D eigenvalue weighted by atomic mass is 32.2. The number of hydrogen-bond donors (Lipinski definition) is 2. The fourth-order valence-corrected chi connectivity index (χ4v) is 5.65. The zero-order valence-corrected chi connectivity index (χ0v) is 24.2. The number of rotatable bonds is 9. The molecule has 1 saturated heterocycles. The molecule has 41 heavy (non-hydrogen) atoms. The SMILES string of the molecule is COOSc1cccc(C(=O)NC2CCCN(C(=O)Nc3ccc4c(c3)c(=O)n(CC3CC3)c(=O)n4C(C)C)C2)c1. The molecule has 1 saturated carbocycles. The maximum Gasteiger partial charge on any atom is 0.331 e. The van der Waals surface area contributed by atoms with Crippen LogP contribution in [0.4, 0.5) is 10.5 Å². The second-order valence-electron chi connectivity index (χ2n) is 10.9. The summed E-state index contributed by atoms with van der Waals surface area (Å²) in [5, 5.41) is 6.34. The van der Waals surface area contributed by atoms with Crippen molar-refractivity contribution in [3.8, 4) is 0 Å². The van der Waals surface area contributed by atoms with E-state index in [1.54, 1.807) is 45.9 Å². The van der Waals surface area contributed by atoms with Crippen LogP contribution in [-0.2, 0) is 15.8 Å². The van der Waals surface area contributed by atoms with Crippen molar-refractivity contribution in [1.82, 2.24) is 19.4 Å². The number of nitrogens with zero attached hydrogens (tertiary/aromatic N) is 3. The van der Waals surface area contributed by atoms with Gasteiger partial charge >= 0.3 is 11.7 Å². The molecule has 11 nitrogen and oxygen atoms in total. The number of nitrogens with one attached hydrogen (secondary N) is 2. The average Bonchev–Trinajstić information content (AvgIpc) is 3.79. The van der Waals surface area contributed by atoms with Crippen molar-refractivity contribution >= 4 is 40.6 Å². The second-order valence-corrected chi connectivity index (χ2v) is 11.6. The normalized spacial score (nSPS) is 17.2. The Morgan fingerprint density at radius 3 is 2.63 bits per heavy atom. The van der Waals surface area contributed by atoms with Gasteiger partial charge in [0.1, 0.15) is 0 Å². The predicted octanol–water partition coefficient (Wildman–Crippen LogP) is 4.17. The van der Waals surface area contributed by atoms with E-state index in [0.717, 1.165) is 42.6 Å². The summed E-state index contributed by atoms with van der Waals surface area (Å²) in [6.45, 7) is 5.15. The third kappa shape index (κ3) is 6.66. The minimum atomic E-state index is -0.332. The van der Waals surface area contributed by atoms with Crippen LogP contribution >= 0.6 is 12.0 Å². The third-order valence-electron chi connectivity index (χ3n) is 7.41. The van der Waals surface area contributed by atoms with Gasteiger partial charge in [0.15, 0.2) is 0 Å². The molecule has 1 atom stereocenters. The summed E-state index contributed by atoms with van der Waals surface area (Å²) in [5.74, 6) is 0.131. The molecule has 12 heteroatoms. The monoisotopic (exact) mass is 581 g/mol. The number of amides is 3. The maximum absolute atomic E-state index is 13.3. The summed E-state index contributed by atoms with van der Waals surface area (Å²) < 4.78 is 7.85. The molecule has 5 rings (SSSR count). The number of fused-ring (bicyclic) bond motifs is 1. The summed E-state index contributed by atoms with van der Waals surface area (Å²) >= 11 is 1.01. The van der Waals surface area contributed by atoms with Crippen molar-refractivity contribution in [2.24, 2.45) is 5.92 Å². The maximum atomic E-state index is 13.3. The number of hydrogen-bond acceptors (Lipinski definition) is 7. The van der Waals surface area contributed by atoms with Gasteiger partial charge in [-0.1, -0.05) is 6.07 Å². The van der Waals surface area contributed by atoms with Gasteiger partial charge in [-0.2, -0.15) is 4.33 Å². The lowest BCUT2D eigenvalue weighted by Gasteiger charge is -2.33. The first-order valence-electron chi connectivity index (χ1n) is 13.9. The first-order chi connectivity index (χ1) is 19.7. The van der Waals surface area contributed by atoms with Crippen molar-refractivity contribution in [3.63, 3.8) is 0 Å². The van der Waals surface area contributed by atoms with E-state index in [9.17, 15) is 19.2 Å². The van der Waals surface area contributed by atoms with Crippen LogP contribution in [0.15, 0.2) is 56.9 Å². The van der Waals surface area contributed by atoms with Gasteiger partial charge in [0, 0.05) is 47.9 Å². The summed E-state index contributed by atoms with van der Waals surface area (Å²) in [6, 6.07) is 11.4. The molecular formula is C29H35N5O6S. The van der Waals surface area contributed by atoms with E-state index >= 15 is 0 Å². The standard InChI is InChI=1S/C29H35N5O6S/c1-18(2)34-25-12-11-21(15-24(25)27(36)33(29(34)38)16-19-9-10-19)31-28(37)32-13-5-7-22(17-32)30-26(35)20-6-4-8-23(14-20)41-40-39-3/h4,6,8,11-12,14-15,18-19,22H,5,7,9-10,13,16-17H2,1-3H3,(H,30,35)(H,31,37). The lowest BCUT2D eigenvalue weighted by atomic mass is 10.1. The number of aromatic nitrogens is 2. The van der Waals surface area contributed by atoms with E-state index in [1.807, 2.05) is 19.9 Å². The summed E-state index contributed by atoms with van der Waals surface area (Å²) in [4.78, 5) is 59.6. The molecule has 0 spiro atoms. The van der Waals surface area contributed by atoms with E-state index in [4.69, 9.17) is 4.33 Å². The highest BCUT2D eigenvalue weighted by Crippen LogP contribution is 2.30. The Labute approximate surface area is 241 Å². The van der Waals surface area contributed by atoms with Crippen LogP contribution in [0.5, 0.6) is 0 Å². The number of likely N-dealkylation sites (tertiary alicyclic amines) is 1. The van der Waals surface area contributed by atoms with Gasteiger partial charge in [-0.3, -0.25) is 18.7 Å². The zero-order chi connectivity index (χ0) is 29.1. The van der Waals surface area contributed by atoms with E-state index in [2.05, 4.69) is 15.5 Å². The highest BCUT2D eigenvalue weighted by molar-refractivity contribution is 7.94. The summed E-state index contributed by atoms with van der Waals surface area (Å²) in [6.07, 6.45) is 3.53. The number of piperidine rings is 1. The molecule has 0 radical (unpaired) electrons. The summed E-state index contributed by atoms with van der Waals surface area (Å²) in [7, 11) is 1.41. The van der Waals surface area contributed by atoms with Gasteiger partial charge in [-0.15, -0.1) is 0 Å². The van der Waals surface area contributed by atoms with Crippen LogP contribution in [0.25, 0.3) is 10.9 Å². The Morgan fingerprint density at radius 2 is 1.90 bits per heavy atom. The topological polar surface area (TPSA) is 124 Å². The first kappa shape index (κ1) is 28.9. The lowest BCUT2D eigenvalue weighted by Crippen LogP contribution is -2.50. The molecule has 218 valence electrons. The van der Waals surface area contributed by atoms with Crippen LogP contribution in [-0.4, -0.2) is 52.2 Å². The molecule has 0 bridgehead atoms. The van der Waals surface area contributed by atoms with Crippen LogP contribution in [0.1, 0.15) is 55.9 Å². The van der Waals surface area contributed by atoms with E-state index in [-0.39, 0.29) is 35.3 Å². The molecule has 2 heterocycles. The molecule has 3 amide bonds. The number of benzene rings is 2. The quantitative estimate of drug-likeness (QED) is 0.221. The Kier molecular flexibility index (Phi) is 8.81. The van der Waals surface area contributed by atoms with Crippen molar-refractivity contribution in [1.29, 1.82) is 0 Å². The van der Waals surface area contributed by atoms with Crippen LogP contribution in [0, 0.1) is 5.92 Å². The zero-order valence-electron chi connectivity index (χ0n) is 23.4. The lowest BCUT2D eigenvalue weighted by molar-refractivity contribution is -0.160. The molecule has 1 unspecified atom stereocenters. The Bertz CT molecular complexity index is 1560. The molecule has 3 aromatic rings. The van der Waals surface area contributed by atoms with Gasteiger partial charge < -0.3 is 15.5 Å². The predicted molar refractivity (Wildman–Crippen MR) is 157 cm³/mol. The smallest absolute Gasteiger partial charge is 0.331 e. The van der Waals surface area contributed by atoms with E-state index in [0.29, 0.717) is 47.7 Å². The molecule has 2 N–H and O–H groups in total. The summed E-state index contributed by atoms with van der Waals surface area (Å²) in [5.41, 5.74) is 0.889. The second kappa shape index (κ2) is 12.5. The Hall–Kier alpha value is -3.61. The number of carbonyl (C=O) groups excluding carboxylic acids is 2. The molecule has 1 aromatic heterocycles. The fourth-order valence-electron chi connectivity index (χ4n) is 5.19. The van der Waals surface area contributed by atoms with Crippen molar-refractivity contribution in [2.75, 3.05) is 25.5 Å². The minimum absolute atomic E-state index is 0.128. The van der Waals surface area contributed by atoms with Crippen molar-refractivity contribution in [2.45, 2.75) is 63.1 Å². The van der Waals surface area contributed by atoms with Gasteiger partial charge in [-0.25, -0.2) is 14.5 Å². The first-order valence-corrected chi connectivity index (χ1v) is 14.6. The van der Waals surface area contributed by atoms with E-state index in [1.165, 1.54) is 11.7 Å². The number of carbonyl (C=O) groups is 2. The van der Waals surface area contributed by atoms with Gasteiger partial charge in [0.05, 0.1) is 30.1 Å². The largest absolute Gasteiger partial charge is 0.348 e. The molecule has 2 aliphatic rings. The molecule has 2 fully saturated rings. The highest BCUT2D eigenvalue weighted by Gasteiger charge is 2.27. The third-order valence-corrected chi connectivity index (χ3v) is 8.06. The van der Waals surface area contributed by atoms with Crippen LogP contribution in [0.3, 0.4) is 0 Å². The molecule has 1 aliphatic heterocycles. The van der Waals surface area contributed by atoms with Crippen molar-refractivity contribution in [3.05, 3.63) is 68.9 Å². The molecule has 2 aromatic carbocycles. The Morgan fingerprint density at radius 1 is 1.10 bits per heavy atom. The molecule has 1 aliphatic carbocycles. The van der Waals surface area contributed by atoms with Gasteiger partial charge in [0.2, 0.25) is 0 Å². The van der Waals surface area contributed by atoms with E-state index < -0.39 is 0 Å². The Balaban J connectivity index is 1.29. The van der Waals surface area contributed by atoms with Crippen LogP contribution in [0.2, 0.25) is 0 Å².